The Bertz CT molecular complexity index is 596. The fourth-order valence-corrected chi connectivity index (χ4v) is 2.14. The number of nitrogens with zero attached hydrogens (tertiary/aromatic N) is 1. The van der Waals surface area contributed by atoms with E-state index in [1.165, 1.54) is 11.3 Å². The summed E-state index contributed by atoms with van der Waals surface area (Å²) in [5.74, 6) is 0.110. The standard InChI is InChI=1S/C14H15N3O3S/c1-20-12-4-2-10(3-5-12)14(19)16-7-13(18)15-6-11-8-21-9-17-11/h2-5,8-9H,6-7H2,1H3,(H,15,18)(H,16,19). The third-order valence-corrected chi connectivity index (χ3v) is 3.35. The highest BCUT2D eigenvalue weighted by atomic mass is 32.1. The van der Waals surface area contributed by atoms with E-state index in [0.717, 1.165) is 5.69 Å². The summed E-state index contributed by atoms with van der Waals surface area (Å²) in [5, 5.41) is 7.09. The molecule has 0 spiro atoms. The van der Waals surface area contributed by atoms with Crippen LogP contribution in [0.3, 0.4) is 0 Å². The lowest BCUT2D eigenvalue weighted by Crippen LogP contribution is -2.36. The molecule has 21 heavy (non-hydrogen) atoms. The molecular formula is C14H15N3O3S. The van der Waals surface area contributed by atoms with Crippen molar-refractivity contribution in [1.82, 2.24) is 15.6 Å². The highest BCUT2D eigenvalue weighted by molar-refractivity contribution is 7.07. The lowest BCUT2D eigenvalue weighted by molar-refractivity contribution is -0.120. The number of carbonyl (C=O) groups excluding carboxylic acids is 2. The van der Waals surface area contributed by atoms with Crippen LogP contribution in [0, 0.1) is 0 Å². The average molecular weight is 305 g/mol. The number of nitrogens with one attached hydrogen (secondary N) is 2. The molecule has 7 heteroatoms. The van der Waals surface area contributed by atoms with Gasteiger partial charge in [0.2, 0.25) is 5.91 Å². The van der Waals surface area contributed by atoms with Gasteiger partial charge in [0.05, 0.1) is 31.4 Å². The van der Waals surface area contributed by atoms with Crippen molar-refractivity contribution in [3.8, 4) is 5.75 Å². The van der Waals surface area contributed by atoms with Crippen LogP contribution in [-0.2, 0) is 11.3 Å². The Labute approximate surface area is 126 Å². The van der Waals surface area contributed by atoms with Crippen molar-refractivity contribution in [2.24, 2.45) is 0 Å². The van der Waals surface area contributed by atoms with Crippen LogP contribution in [0.5, 0.6) is 5.75 Å². The molecule has 2 aromatic rings. The topological polar surface area (TPSA) is 80.3 Å². The summed E-state index contributed by atoms with van der Waals surface area (Å²) >= 11 is 1.47. The Balaban J connectivity index is 1.76. The Kier molecular flexibility index (Phi) is 5.28. The number of hydrogen-bond acceptors (Lipinski definition) is 5. The van der Waals surface area contributed by atoms with Gasteiger partial charge in [-0.25, -0.2) is 4.98 Å². The van der Waals surface area contributed by atoms with Gasteiger partial charge in [-0.3, -0.25) is 9.59 Å². The largest absolute Gasteiger partial charge is 0.497 e. The van der Waals surface area contributed by atoms with Gasteiger partial charge in [-0.05, 0) is 24.3 Å². The van der Waals surface area contributed by atoms with E-state index in [0.29, 0.717) is 17.9 Å². The molecule has 0 saturated heterocycles. The van der Waals surface area contributed by atoms with Crippen LogP contribution < -0.4 is 15.4 Å². The van der Waals surface area contributed by atoms with Crippen LogP contribution >= 0.6 is 11.3 Å². The molecule has 6 nitrogen and oxygen atoms in total. The normalized spacial score (nSPS) is 9.95. The van der Waals surface area contributed by atoms with Crippen molar-refractivity contribution in [3.63, 3.8) is 0 Å². The summed E-state index contributed by atoms with van der Waals surface area (Å²) in [6.07, 6.45) is 0. The lowest BCUT2D eigenvalue weighted by Gasteiger charge is -2.06. The highest BCUT2D eigenvalue weighted by Crippen LogP contribution is 2.10. The first kappa shape index (κ1) is 15.0. The van der Waals surface area contributed by atoms with Gasteiger partial charge in [0.25, 0.3) is 5.91 Å². The molecule has 2 rings (SSSR count). The Morgan fingerprint density at radius 1 is 1.24 bits per heavy atom. The molecule has 0 bridgehead atoms. The SMILES string of the molecule is COc1ccc(C(=O)NCC(=O)NCc2cscn2)cc1. The molecule has 1 aromatic heterocycles. The summed E-state index contributed by atoms with van der Waals surface area (Å²) in [5.41, 5.74) is 2.98. The minimum atomic E-state index is -0.304. The van der Waals surface area contributed by atoms with Crippen LogP contribution in [0.2, 0.25) is 0 Å². The molecule has 0 saturated carbocycles. The van der Waals surface area contributed by atoms with E-state index < -0.39 is 0 Å². The van der Waals surface area contributed by atoms with Crippen LogP contribution in [0.4, 0.5) is 0 Å². The van der Waals surface area contributed by atoms with E-state index in [2.05, 4.69) is 15.6 Å². The molecule has 0 fully saturated rings. The number of carbonyl (C=O) groups is 2. The Morgan fingerprint density at radius 2 is 2.00 bits per heavy atom. The van der Waals surface area contributed by atoms with Gasteiger partial charge in [0.1, 0.15) is 5.75 Å². The van der Waals surface area contributed by atoms with Crippen molar-refractivity contribution in [2.45, 2.75) is 6.54 Å². The maximum absolute atomic E-state index is 11.8. The number of aromatic nitrogens is 1. The van der Waals surface area contributed by atoms with Crippen LogP contribution in [0.1, 0.15) is 16.1 Å². The Hall–Kier alpha value is -2.41. The zero-order valence-electron chi connectivity index (χ0n) is 11.5. The summed E-state index contributed by atoms with van der Waals surface area (Å²) in [6, 6.07) is 6.66. The smallest absolute Gasteiger partial charge is 0.251 e. The molecule has 110 valence electrons. The van der Waals surface area contributed by atoms with E-state index in [-0.39, 0.29) is 18.4 Å². The van der Waals surface area contributed by atoms with Gasteiger partial charge < -0.3 is 15.4 Å². The maximum atomic E-state index is 11.8. The Morgan fingerprint density at radius 3 is 2.62 bits per heavy atom. The molecule has 1 aromatic carbocycles. The van der Waals surface area contributed by atoms with Crippen LogP contribution in [0.15, 0.2) is 35.2 Å². The van der Waals surface area contributed by atoms with Crippen LogP contribution in [0.25, 0.3) is 0 Å². The first-order valence-electron chi connectivity index (χ1n) is 6.25. The van der Waals surface area contributed by atoms with Gasteiger partial charge in [0.15, 0.2) is 0 Å². The van der Waals surface area contributed by atoms with E-state index in [9.17, 15) is 9.59 Å². The molecule has 2 amide bonds. The first-order chi connectivity index (χ1) is 10.2. The predicted molar refractivity (Wildman–Crippen MR) is 79.3 cm³/mol. The number of hydrogen-bond donors (Lipinski definition) is 2. The molecule has 0 aliphatic rings. The third-order valence-electron chi connectivity index (χ3n) is 2.71. The molecule has 0 aliphatic heterocycles. The zero-order valence-corrected chi connectivity index (χ0v) is 12.3. The van der Waals surface area contributed by atoms with E-state index in [1.807, 2.05) is 5.38 Å². The second kappa shape index (κ2) is 7.39. The summed E-state index contributed by atoms with van der Waals surface area (Å²) in [4.78, 5) is 27.5. The third kappa shape index (κ3) is 4.57. The van der Waals surface area contributed by atoms with Crippen molar-refractivity contribution < 1.29 is 14.3 Å². The number of amides is 2. The number of methoxy groups -OCH3 is 1. The summed E-state index contributed by atoms with van der Waals surface area (Å²) in [6.45, 7) is 0.287. The molecule has 0 aliphatic carbocycles. The monoisotopic (exact) mass is 305 g/mol. The number of thiazole rings is 1. The fraction of sp³-hybridized carbons (Fsp3) is 0.214. The zero-order chi connectivity index (χ0) is 15.1. The molecule has 0 radical (unpaired) electrons. The van der Waals surface area contributed by atoms with Gasteiger partial charge >= 0.3 is 0 Å². The molecule has 0 unspecified atom stereocenters. The summed E-state index contributed by atoms with van der Waals surface area (Å²) in [7, 11) is 1.56. The van der Waals surface area contributed by atoms with Gasteiger partial charge in [-0.2, -0.15) is 0 Å². The lowest BCUT2D eigenvalue weighted by atomic mass is 10.2. The minimum Gasteiger partial charge on any atom is -0.497 e. The summed E-state index contributed by atoms with van der Waals surface area (Å²) < 4.78 is 5.01. The van der Waals surface area contributed by atoms with E-state index in [4.69, 9.17) is 4.74 Å². The molecule has 1 heterocycles. The minimum absolute atomic E-state index is 0.0744. The van der Waals surface area contributed by atoms with E-state index in [1.54, 1.807) is 36.9 Å². The second-order valence-corrected chi connectivity index (χ2v) is 4.89. The number of rotatable bonds is 6. The molecular weight excluding hydrogens is 290 g/mol. The van der Waals surface area contributed by atoms with Crippen LogP contribution in [-0.4, -0.2) is 30.5 Å². The fourth-order valence-electron chi connectivity index (χ4n) is 1.58. The number of benzene rings is 1. The van der Waals surface area contributed by atoms with Crippen molar-refractivity contribution in [2.75, 3.05) is 13.7 Å². The van der Waals surface area contributed by atoms with Gasteiger partial charge in [0, 0.05) is 10.9 Å². The quantitative estimate of drug-likeness (QED) is 0.840. The van der Waals surface area contributed by atoms with Crippen molar-refractivity contribution in [1.29, 1.82) is 0 Å². The highest BCUT2D eigenvalue weighted by Gasteiger charge is 2.08. The van der Waals surface area contributed by atoms with E-state index >= 15 is 0 Å². The van der Waals surface area contributed by atoms with Crippen molar-refractivity contribution >= 4 is 23.2 Å². The first-order valence-corrected chi connectivity index (χ1v) is 7.19. The molecule has 0 atom stereocenters. The number of ether oxygens (including phenoxy) is 1. The second-order valence-electron chi connectivity index (χ2n) is 4.17. The molecule has 2 N–H and O–H groups in total. The van der Waals surface area contributed by atoms with Crippen molar-refractivity contribution in [3.05, 3.63) is 46.4 Å². The van der Waals surface area contributed by atoms with Gasteiger partial charge in [-0.15, -0.1) is 11.3 Å². The average Bonchev–Trinajstić information content (AvgIpc) is 3.04. The maximum Gasteiger partial charge on any atom is 0.251 e. The predicted octanol–water partition coefficient (Wildman–Crippen LogP) is 1.20. The van der Waals surface area contributed by atoms with Gasteiger partial charge in [-0.1, -0.05) is 0 Å².